The third-order valence-electron chi connectivity index (χ3n) is 3.34. The van der Waals surface area contributed by atoms with Crippen molar-refractivity contribution < 1.29 is 5.06 Å². The van der Waals surface area contributed by atoms with Crippen LogP contribution in [0.2, 0.25) is 0 Å². The highest BCUT2D eigenvalue weighted by Gasteiger charge is 1.96. The van der Waals surface area contributed by atoms with Gasteiger partial charge in [0, 0.05) is 0 Å². The fourth-order valence-corrected chi connectivity index (χ4v) is 2.21. The zero-order valence-corrected chi connectivity index (χ0v) is 12.8. The molecule has 0 saturated heterocycles. The average molecular weight is 260 g/mol. The minimum absolute atomic E-state index is 0. The molecule has 1 unspecified atom stereocenters. The van der Waals surface area contributed by atoms with Crippen molar-refractivity contribution in [2.45, 2.75) is 84.5 Å². The number of quaternary nitrogens is 1. The summed E-state index contributed by atoms with van der Waals surface area (Å²) in [6.45, 7) is 5.96. The molecular weight excluding hydrogens is 224 g/mol. The second-order valence-electron chi connectivity index (χ2n) is 5.22. The maximum Gasteiger partial charge on any atom is 0.0768 e. The molecule has 0 rings (SSSR count). The normalized spacial score (nSPS) is 12.2. The molecule has 18 heavy (non-hydrogen) atoms. The summed E-state index contributed by atoms with van der Waals surface area (Å²) in [5, 5.41) is 11.7. The summed E-state index contributed by atoms with van der Waals surface area (Å²) in [5.74, 6) is 0. The molecule has 0 radical (unpaired) electrons. The van der Waals surface area contributed by atoms with Gasteiger partial charge in [-0.05, 0) is 19.3 Å². The standard InChI is InChI=1S/C15H33NO.H3N/c1-3-5-6-7-8-9-10-11-12-13-15-16(17)14-4-2;/h16H,3-15H2,1-2H3;1H3. The lowest BCUT2D eigenvalue weighted by atomic mass is 10.1. The van der Waals surface area contributed by atoms with Crippen LogP contribution in [0.4, 0.5) is 0 Å². The van der Waals surface area contributed by atoms with E-state index in [4.69, 9.17) is 0 Å². The lowest BCUT2D eigenvalue weighted by molar-refractivity contribution is -0.848. The summed E-state index contributed by atoms with van der Waals surface area (Å²) >= 11 is 0. The van der Waals surface area contributed by atoms with Crippen molar-refractivity contribution >= 4 is 0 Å². The molecule has 1 atom stereocenters. The van der Waals surface area contributed by atoms with E-state index in [2.05, 4.69) is 13.8 Å². The van der Waals surface area contributed by atoms with Crippen molar-refractivity contribution in [3.05, 3.63) is 5.21 Å². The first kappa shape index (κ1) is 20.2. The molecule has 0 amide bonds. The van der Waals surface area contributed by atoms with Crippen LogP contribution in [0.1, 0.15) is 84.5 Å². The molecule has 3 nitrogen and oxygen atoms in total. The van der Waals surface area contributed by atoms with Crippen molar-refractivity contribution in [2.24, 2.45) is 0 Å². The van der Waals surface area contributed by atoms with Gasteiger partial charge in [-0.25, -0.2) is 0 Å². The van der Waals surface area contributed by atoms with Gasteiger partial charge in [0.25, 0.3) is 0 Å². The van der Waals surface area contributed by atoms with Gasteiger partial charge >= 0.3 is 0 Å². The zero-order valence-electron chi connectivity index (χ0n) is 12.8. The monoisotopic (exact) mass is 260 g/mol. The van der Waals surface area contributed by atoms with E-state index in [9.17, 15) is 5.21 Å². The molecule has 0 aromatic heterocycles. The van der Waals surface area contributed by atoms with E-state index in [0.717, 1.165) is 25.9 Å². The highest BCUT2D eigenvalue weighted by molar-refractivity contribution is 4.47. The lowest BCUT2D eigenvalue weighted by Crippen LogP contribution is -3.07. The van der Waals surface area contributed by atoms with Gasteiger partial charge in [-0.1, -0.05) is 65.2 Å². The molecule has 3 heteroatoms. The quantitative estimate of drug-likeness (QED) is 0.390. The third kappa shape index (κ3) is 15.9. The van der Waals surface area contributed by atoms with E-state index < -0.39 is 0 Å². The largest absolute Gasteiger partial charge is 0.634 e. The Morgan fingerprint density at radius 1 is 0.611 bits per heavy atom. The Kier molecular flexibility index (Phi) is 18.9. The van der Waals surface area contributed by atoms with Crippen molar-refractivity contribution in [3.63, 3.8) is 0 Å². The van der Waals surface area contributed by atoms with E-state index in [-0.39, 0.29) is 6.15 Å². The van der Waals surface area contributed by atoms with Crippen molar-refractivity contribution in [1.29, 1.82) is 0 Å². The summed E-state index contributed by atoms with van der Waals surface area (Å²) in [4.78, 5) is 0. The van der Waals surface area contributed by atoms with E-state index in [1.165, 1.54) is 57.8 Å². The molecule has 0 aliphatic heterocycles. The highest BCUT2D eigenvalue weighted by atomic mass is 16.5. The maximum atomic E-state index is 11.3. The molecule has 0 spiro atoms. The summed E-state index contributed by atoms with van der Waals surface area (Å²) in [6, 6.07) is 0. The molecule has 0 fully saturated rings. The molecule has 0 aromatic carbocycles. The van der Waals surface area contributed by atoms with Crippen molar-refractivity contribution in [2.75, 3.05) is 13.1 Å². The Hall–Kier alpha value is -0.120. The molecule has 112 valence electrons. The van der Waals surface area contributed by atoms with Crippen LogP contribution in [0, 0.1) is 5.21 Å². The summed E-state index contributed by atoms with van der Waals surface area (Å²) in [7, 11) is 0. The fraction of sp³-hybridized carbons (Fsp3) is 1.00. The van der Waals surface area contributed by atoms with E-state index >= 15 is 0 Å². The predicted octanol–water partition coefficient (Wildman–Crippen LogP) is 3.86. The van der Waals surface area contributed by atoms with Crippen LogP contribution in [0.5, 0.6) is 0 Å². The predicted molar refractivity (Wildman–Crippen MR) is 81.2 cm³/mol. The molecule has 0 aliphatic rings. The second-order valence-corrected chi connectivity index (χ2v) is 5.22. The Labute approximate surface area is 114 Å². The molecule has 0 aromatic rings. The van der Waals surface area contributed by atoms with Crippen molar-refractivity contribution in [1.82, 2.24) is 6.15 Å². The smallest absolute Gasteiger partial charge is 0.0768 e. The van der Waals surface area contributed by atoms with E-state index in [0.29, 0.717) is 5.06 Å². The Balaban J connectivity index is 0. The number of rotatable bonds is 13. The second kappa shape index (κ2) is 16.9. The van der Waals surface area contributed by atoms with Crippen LogP contribution in [-0.4, -0.2) is 13.1 Å². The Morgan fingerprint density at radius 3 is 1.50 bits per heavy atom. The van der Waals surface area contributed by atoms with Crippen LogP contribution < -0.4 is 11.2 Å². The van der Waals surface area contributed by atoms with Crippen LogP contribution >= 0.6 is 0 Å². The van der Waals surface area contributed by atoms with Gasteiger partial charge in [-0.2, -0.15) is 0 Å². The number of unbranched alkanes of at least 4 members (excludes halogenated alkanes) is 9. The molecule has 0 bridgehead atoms. The van der Waals surface area contributed by atoms with E-state index in [1.807, 2.05) is 0 Å². The molecule has 0 heterocycles. The van der Waals surface area contributed by atoms with Gasteiger partial charge < -0.3 is 16.4 Å². The Morgan fingerprint density at radius 2 is 1.06 bits per heavy atom. The van der Waals surface area contributed by atoms with Crippen LogP contribution in [0.15, 0.2) is 0 Å². The number of nitrogens with one attached hydrogen (secondary N) is 1. The molecule has 0 aliphatic carbocycles. The zero-order chi connectivity index (χ0) is 12.8. The van der Waals surface area contributed by atoms with E-state index in [1.54, 1.807) is 0 Å². The fourth-order valence-electron chi connectivity index (χ4n) is 2.21. The number of hydroxylamine groups is 2. The van der Waals surface area contributed by atoms with Crippen LogP contribution in [-0.2, 0) is 0 Å². The average Bonchev–Trinajstić information content (AvgIpc) is 2.32. The first-order valence-electron chi connectivity index (χ1n) is 7.83. The number of hydrogen-bond acceptors (Lipinski definition) is 2. The topological polar surface area (TPSA) is 62.5 Å². The lowest BCUT2D eigenvalue weighted by Gasteiger charge is -2.21. The first-order valence-corrected chi connectivity index (χ1v) is 7.83. The highest BCUT2D eigenvalue weighted by Crippen LogP contribution is 2.09. The van der Waals surface area contributed by atoms with Gasteiger partial charge in [0.1, 0.15) is 0 Å². The minimum Gasteiger partial charge on any atom is -0.634 e. The van der Waals surface area contributed by atoms with Crippen molar-refractivity contribution in [3.8, 4) is 0 Å². The van der Waals surface area contributed by atoms with Crippen LogP contribution in [0.3, 0.4) is 0 Å². The van der Waals surface area contributed by atoms with Gasteiger partial charge in [0.05, 0.1) is 13.1 Å². The maximum absolute atomic E-state index is 11.3. The third-order valence-corrected chi connectivity index (χ3v) is 3.34. The Bertz CT molecular complexity index is 142. The van der Waals surface area contributed by atoms with Gasteiger partial charge in [-0.3, -0.25) is 0 Å². The molecular formula is C15H36N2O. The SMILES string of the molecule is CCCCCCCCCCCC[NH+]([O-])CCC.N. The molecule has 4 N–H and O–H groups in total. The van der Waals surface area contributed by atoms with Gasteiger partial charge in [0.15, 0.2) is 0 Å². The van der Waals surface area contributed by atoms with Crippen LogP contribution in [0.25, 0.3) is 0 Å². The number of hydrogen-bond donors (Lipinski definition) is 2. The van der Waals surface area contributed by atoms with Gasteiger partial charge in [-0.15, -0.1) is 0 Å². The first-order chi connectivity index (χ1) is 8.31. The minimum atomic E-state index is 0. The summed E-state index contributed by atoms with van der Waals surface area (Å²) < 4.78 is 0. The summed E-state index contributed by atoms with van der Waals surface area (Å²) in [5.41, 5.74) is 0. The molecule has 0 saturated carbocycles. The summed E-state index contributed by atoms with van der Waals surface area (Å²) in [6.07, 6.45) is 14.5. The van der Waals surface area contributed by atoms with Gasteiger partial charge in [0.2, 0.25) is 0 Å².